The minimum absolute atomic E-state index is 0.0293. The smallest absolute Gasteiger partial charge is 0.137 e. The van der Waals surface area contributed by atoms with Crippen molar-refractivity contribution in [1.29, 1.82) is 0 Å². The fourth-order valence-corrected chi connectivity index (χ4v) is 0.741. The van der Waals surface area contributed by atoms with Crippen LogP contribution in [0.5, 0.6) is 0 Å². The van der Waals surface area contributed by atoms with Gasteiger partial charge < -0.3 is 4.79 Å². The number of nitrogens with zero attached hydrogens (tertiary/aromatic N) is 1. The van der Waals surface area contributed by atoms with Gasteiger partial charge in [-0.1, -0.05) is 0 Å². The zero-order valence-corrected chi connectivity index (χ0v) is 6.06. The van der Waals surface area contributed by atoms with Crippen molar-refractivity contribution in [2.45, 2.75) is 6.04 Å². The first-order chi connectivity index (χ1) is 3.72. The lowest BCUT2D eigenvalue weighted by Crippen LogP contribution is -2.30. The molecule has 8 heavy (non-hydrogen) atoms. The van der Waals surface area contributed by atoms with Crippen LogP contribution >= 0.6 is 12.6 Å². The van der Waals surface area contributed by atoms with Gasteiger partial charge in [-0.2, -0.15) is 12.6 Å². The van der Waals surface area contributed by atoms with Crippen LogP contribution in [-0.2, 0) is 4.79 Å². The molecule has 48 valence electrons. The number of carbonyl (C=O) groups is 1. The van der Waals surface area contributed by atoms with E-state index in [-0.39, 0.29) is 6.04 Å². The number of thiol groups is 1. The van der Waals surface area contributed by atoms with E-state index in [1.54, 1.807) is 0 Å². The Morgan fingerprint density at radius 3 is 2.25 bits per heavy atom. The number of hydrogen-bond donors (Lipinski definition) is 1. The SMILES string of the molecule is CN(C)C(C=O)CS. The van der Waals surface area contributed by atoms with Crippen molar-refractivity contribution in [1.82, 2.24) is 4.90 Å². The summed E-state index contributed by atoms with van der Waals surface area (Å²) in [4.78, 5) is 11.9. The second kappa shape index (κ2) is 3.92. The number of carbonyl (C=O) groups excluding carboxylic acids is 1. The Morgan fingerprint density at radius 2 is 2.25 bits per heavy atom. The van der Waals surface area contributed by atoms with Crippen LogP contribution < -0.4 is 0 Å². The third-order valence-electron chi connectivity index (χ3n) is 1.01. The summed E-state index contributed by atoms with van der Waals surface area (Å²) in [6, 6.07) is -0.0293. The molecule has 0 saturated carbocycles. The molecule has 0 amide bonds. The quantitative estimate of drug-likeness (QED) is 0.433. The van der Waals surface area contributed by atoms with Crippen molar-refractivity contribution in [3.8, 4) is 0 Å². The molecule has 1 unspecified atom stereocenters. The van der Waals surface area contributed by atoms with Gasteiger partial charge in [0.1, 0.15) is 6.29 Å². The summed E-state index contributed by atoms with van der Waals surface area (Å²) < 4.78 is 0. The molecule has 0 fully saturated rings. The van der Waals surface area contributed by atoms with E-state index in [9.17, 15) is 4.79 Å². The lowest BCUT2D eigenvalue weighted by atomic mass is 10.3. The summed E-state index contributed by atoms with van der Waals surface area (Å²) in [5, 5.41) is 0. The van der Waals surface area contributed by atoms with Crippen molar-refractivity contribution in [3.63, 3.8) is 0 Å². The summed E-state index contributed by atoms with van der Waals surface area (Å²) in [6.45, 7) is 0. The predicted octanol–water partition coefficient (Wildman–Crippen LogP) is 0.0453. The van der Waals surface area contributed by atoms with E-state index < -0.39 is 0 Å². The lowest BCUT2D eigenvalue weighted by molar-refractivity contribution is -0.110. The first-order valence-electron chi connectivity index (χ1n) is 2.45. The van der Waals surface area contributed by atoms with E-state index in [1.807, 2.05) is 19.0 Å². The monoisotopic (exact) mass is 133 g/mol. The minimum atomic E-state index is -0.0293. The van der Waals surface area contributed by atoms with E-state index in [1.165, 1.54) is 0 Å². The molecule has 0 saturated heterocycles. The van der Waals surface area contributed by atoms with Crippen LogP contribution in [0, 0.1) is 0 Å². The molecule has 0 bridgehead atoms. The first-order valence-corrected chi connectivity index (χ1v) is 3.08. The molecule has 0 aromatic carbocycles. The molecule has 3 heteroatoms. The number of likely N-dealkylation sites (N-methyl/N-ethyl adjacent to an activating group) is 1. The molecule has 0 aliphatic rings. The maximum Gasteiger partial charge on any atom is 0.137 e. The molecule has 0 heterocycles. The fourth-order valence-electron chi connectivity index (χ4n) is 0.328. The molecule has 1 atom stereocenters. The standard InChI is InChI=1S/C5H11NOS/c1-6(2)5(3-7)4-8/h3,5,8H,4H2,1-2H3. The molecule has 0 aromatic rings. The Balaban J connectivity index is 3.51. The van der Waals surface area contributed by atoms with E-state index in [0.29, 0.717) is 5.75 Å². The number of rotatable bonds is 3. The van der Waals surface area contributed by atoms with Gasteiger partial charge in [0, 0.05) is 5.75 Å². The Hall–Kier alpha value is -0.0200. The molecular weight excluding hydrogens is 122 g/mol. The van der Waals surface area contributed by atoms with E-state index in [0.717, 1.165) is 6.29 Å². The second-order valence-electron chi connectivity index (χ2n) is 1.85. The van der Waals surface area contributed by atoms with Crippen LogP contribution in [0.3, 0.4) is 0 Å². The highest BCUT2D eigenvalue weighted by atomic mass is 32.1. The summed E-state index contributed by atoms with van der Waals surface area (Å²) in [5.74, 6) is 0.594. The largest absolute Gasteiger partial charge is 0.302 e. The summed E-state index contributed by atoms with van der Waals surface area (Å²) >= 11 is 3.96. The van der Waals surface area contributed by atoms with Gasteiger partial charge in [-0.25, -0.2) is 0 Å². The average Bonchev–Trinajstić information content (AvgIpc) is 1.69. The van der Waals surface area contributed by atoms with Gasteiger partial charge in [-0.15, -0.1) is 0 Å². The molecule has 2 nitrogen and oxygen atoms in total. The van der Waals surface area contributed by atoms with Crippen molar-refractivity contribution >= 4 is 18.9 Å². The zero-order chi connectivity index (χ0) is 6.57. The van der Waals surface area contributed by atoms with E-state index in [4.69, 9.17) is 0 Å². The van der Waals surface area contributed by atoms with Gasteiger partial charge in [0.2, 0.25) is 0 Å². The molecule has 0 aromatic heterocycles. The molecule has 0 aliphatic carbocycles. The van der Waals surface area contributed by atoms with Crippen molar-refractivity contribution < 1.29 is 4.79 Å². The number of aldehydes is 1. The molecular formula is C5H11NOS. The van der Waals surface area contributed by atoms with Crippen LogP contribution in [0.25, 0.3) is 0 Å². The highest BCUT2D eigenvalue weighted by Gasteiger charge is 2.04. The predicted molar refractivity (Wildman–Crippen MR) is 37.4 cm³/mol. The van der Waals surface area contributed by atoms with Crippen molar-refractivity contribution in [2.24, 2.45) is 0 Å². The maximum atomic E-state index is 10.1. The Kier molecular flexibility index (Phi) is 3.91. The average molecular weight is 133 g/mol. The first kappa shape index (κ1) is 7.98. The molecule has 0 spiro atoms. The van der Waals surface area contributed by atoms with E-state index in [2.05, 4.69) is 12.6 Å². The third-order valence-corrected chi connectivity index (χ3v) is 1.38. The topological polar surface area (TPSA) is 20.3 Å². The van der Waals surface area contributed by atoms with Crippen LogP contribution in [0.2, 0.25) is 0 Å². The van der Waals surface area contributed by atoms with E-state index >= 15 is 0 Å². The third kappa shape index (κ3) is 2.33. The zero-order valence-electron chi connectivity index (χ0n) is 5.16. The van der Waals surface area contributed by atoms with Gasteiger partial charge in [-0.05, 0) is 14.1 Å². The van der Waals surface area contributed by atoms with Crippen molar-refractivity contribution in [3.05, 3.63) is 0 Å². The van der Waals surface area contributed by atoms with Gasteiger partial charge in [0.15, 0.2) is 0 Å². The Morgan fingerprint density at radius 1 is 1.75 bits per heavy atom. The molecule has 0 radical (unpaired) electrons. The van der Waals surface area contributed by atoms with Crippen LogP contribution in [0.4, 0.5) is 0 Å². The van der Waals surface area contributed by atoms with Crippen LogP contribution in [0.15, 0.2) is 0 Å². The highest BCUT2D eigenvalue weighted by Crippen LogP contribution is 1.89. The van der Waals surface area contributed by atoms with Crippen LogP contribution in [0.1, 0.15) is 0 Å². The van der Waals surface area contributed by atoms with Gasteiger partial charge >= 0.3 is 0 Å². The molecule has 0 rings (SSSR count). The summed E-state index contributed by atoms with van der Waals surface area (Å²) in [7, 11) is 3.71. The molecule has 0 N–H and O–H groups in total. The minimum Gasteiger partial charge on any atom is -0.302 e. The Bertz CT molecular complexity index is 74.8. The maximum absolute atomic E-state index is 10.1. The van der Waals surface area contributed by atoms with Gasteiger partial charge in [0.25, 0.3) is 0 Å². The van der Waals surface area contributed by atoms with Gasteiger partial charge in [-0.3, -0.25) is 4.90 Å². The normalized spacial score (nSPS) is 14.0. The highest BCUT2D eigenvalue weighted by molar-refractivity contribution is 7.80. The van der Waals surface area contributed by atoms with Crippen LogP contribution in [-0.4, -0.2) is 37.1 Å². The fraction of sp³-hybridized carbons (Fsp3) is 0.800. The lowest BCUT2D eigenvalue weighted by Gasteiger charge is -2.14. The van der Waals surface area contributed by atoms with Gasteiger partial charge in [0.05, 0.1) is 6.04 Å². The second-order valence-corrected chi connectivity index (χ2v) is 2.21. The summed E-state index contributed by atoms with van der Waals surface area (Å²) in [5.41, 5.74) is 0. The molecule has 0 aliphatic heterocycles. The Labute approximate surface area is 55.3 Å². The van der Waals surface area contributed by atoms with Crippen molar-refractivity contribution in [2.75, 3.05) is 19.8 Å². The number of hydrogen-bond acceptors (Lipinski definition) is 3. The summed E-state index contributed by atoms with van der Waals surface area (Å²) in [6.07, 6.45) is 0.896.